The van der Waals surface area contributed by atoms with Gasteiger partial charge in [0.2, 0.25) is 0 Å². The van der Waals surface area contributed by atoms with E-state index in [1.165, 1.54) is 25.5 Å². The summed E-state index contributed by atoms with van der Waals surface area (Å²) in [5.41, 5.74) is 7.37. The molecule has 4 bridgehead atoms. The number of aromatic amines is 1. The van der Waals surface area contributed by atoms with Crippen LogP contribution in [-0.4, -0.2) is 21.6 Å². The molecule has 2 atom stereocenters. The summed E-state index contributed by atoms with van der Waals surface area (Å²) in [5, 5.41) is 9.90. The average molecular weight is 288 g/mol. The molecule has 1 aromatic rings. The molecule has 0 saturated heterocycles. The van der Waals surface area contributed by atoms with Crippen molar-refractivity contribution >= 4 is 11.6 Å². The van der Waals surface area contributed by atoms with Gasteiger partial charge in [0.05, 0.1) is 11.9 Å². The number of carbonyl (C=O) groups is 1. The molecule has 4 aliphatic carbocycles. The molecule has 5 heteroatoms. The van der Waals surface area contributed by atoms with E-state index >= 15 is 0 Å². The second-order valence-electron chi connectivity index (χ2n) is 8.56. The van der Waals surface area contributed by atoms with Crippen molar-refractivity contribution in [3.05, 3.63) is 11.9 Å². The van der Waals surface area contributed by atoms with Crippen molar-refractivity contribution in [1.82, 2.24) is 15.5 Å². The summed E-state index contributed by atoms with van der Waals surface area (Å²) in [6.07, 6.45) is 8.78. The van der Waals surface area contributed by atoms with Crippen molar-refractivity contribution in [1.29, 1.82) is 0 Å². The number of hydrogen-bond acceptors (Lipinski definition) is 3. The number of carbonyl (C=O) groups excluding carboxylic acids is 1. The molecular weight excluding hydrogens is 264 g/mol. The maximum absolute atomic E-state index is 12.6. The summed E-state index contributed by atoms with van der Waals surface area (Å²) in [6, 6.07) is 0. The number of rotatable bonds is 2. The van der Waals surface area contributed by atoms with Crippen LogP contribution in [0.4, 0.5) is 5.69 Å². The lowest BCUT2D eigenvalue weighted by Gasteiger charge is -2.65. The Hall–Kier alpha value is -1.52. The standard InChI is InChI=1S/C16H24N4O/c1-14-3-10-4-15(2,7-14)9-16(5-10,8-14)19-13(21)12-11(17)6-18-20-12/h6,10H,3-5,7-9,17H2,1-2H3,(H,18,20)(H,19,21). The molecule has 4 fully saturated rings. The third kappa shape index (κ3) is 1.97. The molecule has 0 radical (unpaired) electrons. The van der Waals surface area contributed by atoms with Crippen molar-refractivity contribution in [3.63, 3.8) is 0 Å². The van der Waals surface area contributed by atoms with Crippen molar-refractivity contribution in [3.8, 4) is 0 Å². The number of nitrogens with one attached hydrogen (secondary N) is 2. The van der Waals surface area contributed by atoms with E-state index in [2.05, 4.69) is 29.4 Å². The molecule has 5 rings (SSSR count). The van der Waals surface area contributed by atoms with Crippen LogP contribution in [0, 0.1) is 16.7 Å². The van der Waals surface area contributed by atoms with Crippen LogP contribution in [0.1, 0.15) is 62.9 Å². The first-order chi connectivity index (χ1) is 9.81. The molecule has 4 saturated carbocycles. The number of nitrogens with zero attached hydrogens (tertiary/aromatic N) is 1. The Morgan fingerprint density at radius 3 is 2.48 bits per heavy atom. The first-order valence-electron chi connectivity index (χ1n) is 7.92. The summed E-state index contributed by atoms with van der Waals surface area (Å²) in [4.78, 5) is 12.6. The molecule has 1 aromatic heterocycles. The molecule has 4 aliphatic rings. The average Bonchev–Trinajstić information content (AvgIpc) is 2.69. The highest BCUT2D eigenvalue weighted by Gasteiger charge is 2.60. The molecule has 4 N–H and O–H groups in total. The monoisotopic (exact) mass is 288 g/mol. The third-order valence-corrected chi connectivity index (χ3v) is 5.90. The second-order valence-corrected chi connectivity index (χ2v) is 8.56. The smallest absolute Gasteiger partial charge is 0.271 e. The number of anilines is 1. The summed E-state index contributed by atoms with van der Waals surface area (Å²) in [6.45, 7) is 4.81. The lowest BCUT2D eigenvalue weighted by molar-refractivity contribution is -0.114. The van der Waals surface area contributed by atoms with Crippen LogP contribution in [0.3, 0.4) is 0 Å². The Bertz CT molecular complexity index is 589. The predicted molar refractivity (Wildman–Crippen MR) is 80.6 cm³/mol. The maximum atomic E-state index is 12.6. The third-order valence-electron chi connectivity index (χ3n) is 5.90. The van der Waals surface area contributed by atoms with E-state index in [-0.39, 0.29) is 11.4 Å². The molecule has 0 spiro atoms. The van der Waals surface area contributed by atoms with E-state index in [1.807, 2.05) is 0 Å². The van der Waals surface area contributed by atoms with Gasteiger partial charge in [-0.05, 0) is 55.3 Å². The topological polar surface area (TPSA) is 83.8 Å². The summed E-state index contributed by atoms with van der Waals surface area (Å²) >= 11 is 0. The van der Waals surface area contributed by atoms with Gasteiger partial charge in [-0.15, -0.1) is 0 Å². The zero-order valence-electron chi connectivity index (χ0n) is 12.8. The van der Waals surface area contributed by atoms with Gasteiger partial charge in [-0.2, -0.15) is 5.10 Å². The minimum absolute atomic E-state index is 0.0441. The summed E-state index contributed by atoms with van der Waals surface area (Å²) < 4.78 is 0. The fourth-order valence-corrected chi connectivity index (χ4v) is 6.37. The van der Waals surface area contributed by atoms with Crippen LogP contribution in [0.25, 0.3) is 0 Å². The molecule has 5 nitrogen and oxygen atoms in total. The first-order valence-corrected chi connectivity index (χ1v) is 7.92. The number of aromatic nitrogens is 2. The van der Waals surface area contributed by atoms with Gasteiger partial charge in [0, 0.05) is 5.54 Å². The highest BCUT2D eigenvalue weighted by atomic mass is 16.2. The highest BCUT2D eigenvalue weighted by Crippen LogP contribution is 2.66. The lowest BCUT2D eigenvalue weighted by Crippen LogP contribution is -2.65. The van der Waals surface area contributed by atoms with Crippen LogP contribution < -0.4 is 11.1 Å². The molecular formula is C16H24N4O. The molecule has 0 aromatic carbocycles. The Morgan fingerprint density at radius 1 is 1.29 bits per heavy atom. The SMILES string of the molecule is CC12CC3CC(C)(C1)CC(NC(=O)c1[nH]ncc1N)(C3)C2. The number of nitrogen functional groups attached to an aromatic ring is 1. The molecule has 1 heterocycles. The van der Waals surface area contributed by atoms with Crippen LogP contribution >= 0.6 is 0 Å². The normalized spacial score (nSPS) is 44.0. The van der Waals surface area contributed by atoms with E-state index < -0.39 is 0 Å². The molecule has 1 amide bonds. The summed E-state index contributed by atoms with van der Waals surface area (Å²) in [5.74, 6) is 0.662. The first kappa shape index (κ1) is 13.2. The van der Waals surface area contributed by atoms with Gasteiger partial charge in [0.1, 0.15) is 5.69 Å². The van der Waals surface area contributed by atoms with Gasteiger partial charge >= 0.3 is 0 Å². The Balaban J connectivity index is 1.63. The largest absolute Gasteiger partial charge is 0.396 e. The van der Waals surface area contributed by atoms with E-state index in [0.29, 0.717) is 22.2 Å². The van der Waals surface area contributed by atoms with Crippen molar-refractivity contribution in [2.45, 2.75) is 57.9 Å². The van der Waals surface area contributed by atoms with Crippen LogP contribution in [0.5, 0.6) is 0 Å². The fourth-order valence-electron chi connectivity index (χ4n) is 6.37. The highest BCUT2D eigenvalue weighted by molar-refractivity contribution is 5.97. The molecule has 21 heavy (non-hydrogen) atoms. The Morgan fingerprint density at radius 2 is 1.95 bits per heavy atom. The lowest BCUT2D eigenvalue weighted by atomic mass is 9.43. The zero-order valence-corrected chi connectivity index (χ0v) is 12.8. The number of hydrogen-bond donors (Lipinski definition) is 3. The van der Waals surface area contributed by atoms with E-state index in [0.717, 1.165) is 25.2 Å². The molecule has 2 unspecified atom stereocenters. The van der Waals surface area contributed by atoms with E-state index in [1.54, 1.807) is 0 Å². The Kier molecular flexibility index (Phi) is 2.39. The minimum atomic E-state index is -0.0980. The van der Waals surface area contributed by atoms with E-state index in [4.69, 9.17) is 5.73 Å². The van der Waals surface area contributed by atoms with Gasteiger partial charge in [-0.25, -0.2) is 0 Å². The van der Waals surface area contributed by atoms with Gasteiger partial charge in [0.15, 0.2) is 0 Å². The fraction of sp³-hybridized carbons (Fsp3) is 0.750. The minimum Gasteiger partial charge on any atom is -0.396 e. The summed E-state index contributed by atoms with van der Waals surface area (Å²) in [7, 11) is 0. The van der Waals surface area contributed by atoms with Crippen LogP contribution in [0.15, 0.2) is 6.20 Å². The number of nitrogens with two attached hydrogens (primary N) is 1. The maximum Gasteiger partial charge on any atom is 0.271 e. The quantitative estimate of drug-likeness (QED) is 0.781. The van der Waals surface area contributed by atoms with Crippen LogP contribution in [-0.2, 0) is 0 Å². The van der Waals surface area contributed by atoms with Gasteiger partial charge in [-0.1, -0.05) is 13.8 Å². The van der Waals surface area contributed by atoms with E-state index in [9.17, 15) is 4.79 Å². The molecule has 114 valence electrons. The zero-order chi connectivity index (χ0) is 14.9. The number of amides is 1. The van der Waals surface area contributed by atoms with Gasteiger partial charge in [-0.3, -0.25) is 9.89 Å². The van der Waals surface area contributed by atoms with Crippen molar-refractivity contribution < 1.29 is 4.79 Å². The van der Waals surface area contributed by atoms with Crippen LogP contribution in [0.2, 0.25) is 0 Å². The Labute approximate surface area is 125 Å². The van der Waals surface area contributed by atoms with Crippen molar-refractivity contribution in [2.75, 3.05) is 5.73 Å². The van der Waals surface area contributed by atoms with Gasteiger partial charge in [0.25, 0.3) is 5.91 Å². The predicted octanol–water partition coefficient (Wildman–Crippen LogP) is 2.47. The second kappa shape index (κ2) is 3.81. The number of H-pyrrole nitrogens is 1. The van der Waals surface area contributed by atoms with Gasteiger partial charge < -0.3 is 11.1 Å². The van der Waals surface area contributed by atoms with Crippen molar-refractivity contribution in [2.24, 2.45) is 16.7 Å². The molecule has 0 aliphatic heterocycles.